The van der Waals surface area contributed by atoms with Crippen LogP contribution >= 0.6 is 0 Å². The average Bonchev–Trinajstić information content (AvgIpc) is 3.01. The molecule has 0 radical (unpaired) electrons. The van der Waals surface area contributed by atoms with E-state index in [0.717, 1.165) is 11.3 Å². The van der Waals surface area contributed by atoms with Crippen LogP contribution in [-0.2, 0) is 11.3 Å². The Labute approximate surface area is 150 Å². The van der Waals surface area contributed by atoms with Gasteiger partial charge in [-0.1, -0.05) is 18.2 Å². The van der Waals surface area contributed by atoms with Gasteiger partial charge in [0.15, 0.2) is 0 Å². The van der Waals surface area contributed by atoms with Crippen LogP contribution in [0.5, 0.6) is 5.75 Å². The van der Waals surface area contributed by atoms with Gasteiger partial charge in [0.25, 0.3) is 0 Å². The highest BCUT2D eigenvalue weighted by Gasteiger charge is 2.31. The first-order valence-electron chi connectivity index (χ1n) is 8.28. The molecule has 0 aliphatic carbocycles. The van der Waals surface area contributed by atoms with Crippen molar-refractivity contribution in [1.82, 2.24) is 10.6 Å². The van der Waals surface area contributed by atoms with Gasteiger partial charge in [-0.15, -0.1) is 0 Å². The maximum Gasteiger partial charge on any atom is 0.315 e. The van der Waals surface area contributed by atoms with E-state index in [4.69, 9.17) is 4.74 Å². The summed E-state index contributed by atoms with van der Waals surface area (Å²) >= 11 is 0. The second-order valence-corrected chi connectivity index (χ2v) is 6.06. The fourth-order valence-corrected chi connectivity index (χ4v) is 2.85. The molecule has 1 saturated heterocycles. The lowest BCUT2D eigenvalue weighted by Gasteiger charge is -2.18. The minimum Gasteiger partial charge on any atom is -0.497 e. The van der Waals surface area contributed by atoms with Crippen LogP contribution in [0.2, 0.25) is 0 Å². The van der Waals surface area contributed by atoms with Crippen molar-refractivity contribution in [2.75, 3.05) is 18.6 Å². The van der Waals surface area contributed by atoms with Crippen LogP contribution in [0.25, 0.3) is 0 Å². The van der Waals surface area contributed by atoms with Crippen molar-refractivity contribution in [2.45, 2.75) is 19.0 Å². The number of carbonyl (C=O) groups excluding carboxylic acids is 2. The number of benzene rings is 2. The number of carbonyl (C=O) groups is 2. The van der Waals surface area contributed by atoms with Crippen LogP contribution in [-0.4, -0.2) is 31.6 Å². The number of hydrogen-bond acceptors (Lipinski definition) is 3. The van der Waals surface area contributed by atoms with Gasteiger partial charge in [0.1, 0.15) is 11.6 Å². The van der Waals surface area contributed by atoms with Crippen LogP contribution in [0.1, 0.15) is 12.0 Å². The summed E-state index contributed by atoms with van der Waals surface area (Å²) in [6.07, 6.45) is 0.237. The van der Waals surface area contributed by atoms with Crippen molar-refractivity contribution in [2.24, 2.45) is 0 Å². The first-order chi connectivity index (χ1) is 12.5. The van der Waals surface area contributed by atoms with Crippen molar-refractivity contribution in [3.63, 3.8) is 0 Å². The summed E-state index contributed by atoms with van der Waals surface area (Å²) in [6.45, 7) is 0.683. The van der Waals surface area contributed by atoms with Gasteiger partial charge in [-0.05, 0) is 29.8 Å². The summed E-state index contributed by atoms with van der Waals surface area (Å²) in [4.78, 5) is 25.9. The van der Waals surface area contributed by atoms with E-state index in [1.807, 2.05) is 18.2 Å². The van der Waals surface area contributed by atoms with Gasteiger partial charge in [-0.2, -0.15) is 0 Å². The van der Waals surface area contributed by atoms with Crippen molar-refractivity contribution < 1.29 is 18.7 Å². The largest absolute Gasteiger partial charge is 0.497 e. The summed E-state index contributed by atoms with van der Waals surface area (Å²) in [6, 6.07) is 12.5. The fraction of sp³-hybridized carbons (Fsp3) is 0.263. The van der Waals surface area contributed by atoms with Gasteiger partial charge in [0.05, 0.1) is 13.2 Å². The van der Waals surface area contributed by atoms with Gasteiger partial charge in [0.2, 0.25) is 5.91 Å². The lowest BCUT2D eigenvalue weighted by molar-refractivity contribution is -0.117. The summed E-state index contributed by atoms with van der Waals surface area (Å²) in [5.74, 6) is 0.297. The van der Waals surface area contributed by atoms with Crippen LogP contribution in [0.15, 0.2) is 48.5 Å². The van der Waals surface area contributed by atoms with E-state index >= 15 is 0 Å². The molecule has 1 heterocycles. The smallest absolute Gasteiger partial charge is 0.315 e. The van der Waals surface area contributed by atoms with Gasteiger partial charge < -0.3 is 20.3 Å². The lowest BCUT2D eigenvalue weighted by atomic mass is 10.2. The zero-order valence-corrected chi connectivity index (χ0v) is 14.4. The standard InChI is InChI=1S/C19H20FN3O3/c1-26-17-4-2-3-16(10-17)23-12-15(9-18(23)24)22-19(25)21-11-13-5-7-14(20)8-6-13/h2-8,10,15H,9,11-12H2,1H3,(H2,21,22,25). The number of anilines is 1. The normalized spacial score (nSPS) is 16.5. The number of nitrogens with zero attached hydrogens (tertiary/aromatic N) is 1. The molecule has 0 bridgehead atoms. The Balaban J connectivity index is 1.53. The molecule has 2 N–H and O–H groups in total. The summed E-state index contributed by atoms with van der Waals surface area (Å²) in [7, 11) is 1.57. The summed E-state index contributed by atoms with van der Waals surface area (Å²) in [5, 5.41) is 5.51. The second kappa shape index (κ2) is 7.86. The highest BCUT2D eigenvalue weighted by molar-refractivity contribution is 5.97. The Morgan fingerprint density at radius 1 is 1.27 bits per heavy atom. The molecular weight excluding hydrogens is 337 g/mol. The number of ether oxygens (including phenoxy) is 1. The molecule has 6 nitrogen and oxygen atoms in total. The Morgan fingerprint density at radius 2 is 2.04 bits per heavy atom. The van der Waals surface area contributed by atoms with E-state index in [1.165, 1.54) is 12.1 Å². The SMILES string of the molecule is COc1cccc(N2CC(NC(=O)NCc3ccc(F)cc3)CC2=O)c1. The van der Waals surface area contributed by atoms with E-state index in [0.29, 0.717) is 12.3 Å². The Kier molecular flexibility index (Phi) is 5.36. The average molecular weight is 357 g/mol. The zero-order chi connectivity index (χ0) is 18.5. The molecule has 3 rings (SSSR count). The molecule has 1 aliphatic rings. The van der Waals surface area contributed by atoms with E-state index in [1.54, 1.807) is 30.2 Å². The molecule has 2 aromatic rings. The van der Waals surface area contributed by atoms with E-state index < -0.39 is 0 Å². The Bertz CT molecular complexity index is 795. The van der Waals surface area contributed by atoms with Gasteiger partial charge >= 0.3 is 6.03 Å². The van der Waals surface area contributed by atoms with Gasteiger partial charge in [-0.3, -0.25) is 4.79 Å². The number of methoxy groups -OCH3 is 1. The summed E-state index contributed by atoms with van der Waals surface area (Å²) < 4.78 is 18.1. The van der Waals surface area contributed by atoms with Crippen molar-refractivity contribution >= 4 is 17.6 Å². The number of hydrogen-bond donors (Lipinski definition) is 2. The Morgan fingerprint density at radius 3 is 2.77 bits per heavy atom. The van der Waals surface area contributed by atoms with Crippen molar-refractivity contribution in [1.29, 1.82) is 0 Å². The summed E-state index contributed by atoms with van der Waals surface area (Å²) in [5.41, 5.74) is 1.53. The predicted molar refractivity (Wildman–Crippen MR) is 95.5 cm³/mol. The molecule has 0 spiro atoms. The Hall–Kier alpha value is -3.09. The predicted octanol–water partition coefficient (Wildman–Crippen LogP) is 2.44. The molecule has 26 heavy (non-hydrogen) atoms. The fourth-order valence-electron chi connectivity index (χ4n) is 2.85. The van der Waals surface area contributed by atoms with Crippen LogP contribution in [0.3, 0.4) is 0 Å². The van der Waals surface area contributed by atoms with Crippen LogP contribution in [0, 0.1) is 5.82 Å². The third kappa shape index (κ3) is 4.30. The van der Waals surface area contributed by atoms with E-state index in [-0.39, 0.29) is 36.8 Å². The minimum atomic E-state index is -0.361. The minimum absolute atomic E-state index is 0.0536. The quantitative estimate of drug-likeness (QED) is 0.863. The molecule has 1 atom stereocenters. The van der Waals surface area contributed by atoms with Crippen LogP contribution in [0.4, 0.5) is 14.9 Å². The van der Waals surface area contributed by atoms with Crippen molar-refractivity contribution in [3.8, 4) is 5.75 Å². The molecule has 1 fully saturated rings. The maximum atomic E-state index is 12.9. The highest BCUT2D eigenvalue weighted by Crippen LogP contribution is 2.25. The number of amides is 3. The molecule has 1 unspecified atom stereocenters. The van der Waals surface area contributed by atoms with Gasteiger partial charge in [-0.25, -0.2) is 9.18 Å². The number of urea groups is 1. The first-order valence-corrected chi connectivity index (χ1v) is 8.28. The third-order valence-corrected chi connectivity index (χ3v) is 4.19. The molecule has 0 aromatic heterocycles. The van der Waals surface area contributed by atoms with E-state index in [2.05, 4.69) is 10.6 Å². The van der Waals surface area contributed by atoms with Crippen LogP contribution < -0.4 is 20.3 Å². The molecular formula is C19H20FN3O3. The number of rotatable bonds is 5. The molecule has 136 valence electrons. The van der Waals surface area contributed by atoms with E-state index in [9.17, 15) is 14.0 Å². The van der Waals surface area contributed by atoms with Crippen molar-refractivity contribution in [3.05, 3.63) is 59.9 Å². The van der Waals surface area contributed by atoms with Gasteiger partial charge in [0, 0.05) is 31.3 Å². The third-order valence-electron chi connectivity index (χ3n) is 4.19. The molecule has 2 aromatic carbocycles. The first kappa shape index (κ1) is 17.7. The molecule has 1 aliphatic heterocycles. The second-order valence-electron chi connectivity index (χ2n) is 6.06. The highest BCUT2D eigenvalue weighted by atomic mass is 19.1. The maximum absolute atomic E-state index is 12.9. The monoisotopic (exact) mass is 357 g/mol. The number of halogens is 1. The molecule has 7 heteroatoms. The number of nitrogens with one attached hydrogen (secondary N) is 2. The lowest BCUT2D eigenvalue weighted by Crippen LogP contribution is -2.43. The molecule has 0 saturated carbocycles. The zero-order valence-electron chi connectivity index (χ0n) is 14.4. The molecule has 3 amide bonds. The topological polar surface area (TPSA) is 70.7 Å².